The van der Waals surface area contributed by atoms with Gasteiger partial charge in [0.05, 0.1) is 18.3 Å². The summed E-state index contributed by atoms with van der Waals surface area (Å²) in [4.78, 5) is 10.8. The Balaban J connectivity index is 1.52. The molecule has 3 heteroatoms. The van der Waals surface area contributed by atoms with E-state index in [0.29, 0.717) is 12.0 Å². The van der Waals surface area contributed by atoms with Crippen molar-refractivity contribution < 1.29 is 14.3 Å². The van der Waals surface area contributed by atoms with Crippen molar-refractivity contribution >= 4 is 6.29 Å². The minimum absolute atomic E-state index is 0.153. The summed E-state index contributed by atoms with van der Waals surface area (Å²) in [5, 5.41) is 0. The summed E-state index contributed by atoms with van der Waals surface area (Å²) in [6.07, 6.45) is 18.0. The lowest BCUT2D eigenvalue weighted by Crippen LogP contribution is -2.28. The Kier molecular flexibility index (Phi) is 9.33. The first-order valence-electron chi connectivity index (χ1n) is 10.5. The van der Waals surface area contributed by atoms with Crippen LogP contribution in [0.5, 0.6) is 0 Å². The van der Waals surface area contributed by atoms with E-state index in [2.05, 4.69) is 13.8 Å². The SMILES string of the molecule is CCCCCCCCCC[C@@H](C)[C@H]1CC[C@H]([C@H]2CC[C@H](C=O)O2)O1. The van der Waals surface area contributed by atoms with E-state index in [0.717, 1.165) is 32.0 Å². The fourth-order valence-electron chi connectivity index (χ4n) is 4.23. The van der Waals surface area contributed by atoms with Gasteiger partial charge in [0.1, 0.15) is 12.4 Å². The van der Waals surface area contributed by atoms with Crippen LogP contribution in [0, 0.1) is 5.92 Å². The van der Waals surface area contributed by atoms with Gasteiger partial charge in [0.15, 0.2) is 0 Å². The highest BCUT2D eigenvalue weighted by Gasteiger charge is 2.38. The molecule has 0 spiro atoms. The first-order chi connectivity index (χ1) is 11.7. The van der Waals surface area contributed by atoms with Crippen molar-refractivity contribution in [2.24, 2.45) is 5.92 Å². The number of carbonyl (C=O) groups is 1. The third kappa shape index (κ3) is 6.48. The van der Waals surface area contributed by atoms with Crippen molar-refractivity contribution in [3.05, 3.63) is 0 Å². The van der Waals surface area contributed by atoms with Crippen LogP contribution >= 0.6 is 0 Å². The van der Waals surface area contributed by atoms with E-state index in [4.69, 9.17) is 9.47 Å². The zero-order valence-corrected chi connectivity index (χ0v) is 15.9. The van der Waals surface area contributed by atoms with E-state index in [-0.39, 0.29) is 18.3 Å². The summed E-state index contributed by atoms with van der Waals surface area (Å²) in [7, 11) is 0. The molecule has 24 heavy (non-hydrogen) atoms. The predicted molar refractivity (Wildman–Crippen MR) is 98.2 cm³/mol. The fourth-order valence-corrected chi connectivity index (χ4v) is 4.23. The van der Waals surface area contributed by atoms with Crippen molar-refractivity contribution in [2.75, 3.05) is 0 Å². The van der Waals surface area contributed by atoms with E-state index < -0.39 is 0 Å². The summed E-state index contributed by atoms with van der Waals surface area (Å²) >= 11 is 0. The number of unbranched alkanes of at least 4 members (excludes halogenated alkanes) is 7. The van der Waals surface area contributed by atoms with Crippen molar-refractivity contribution in [3.63, 3.8) is 0 Å². The Morgan fingerprint density at radius 2 is 1.50 bits per heavy atom. The first-order valence-corrected chi connectivity index (χ1v) is 10.5. The van der Waals surface area contributed by atoms with Crippen molar-refractivity contribution in [1.82, 2.24) is 0 Å². The van der Waals surface area contributed by atoms with E-state index >= 15 is 0 Å². The second kappa shape index (κ2) is 11.3. The van der Waals surface area contributed by atoms with Gasteiger partial charge in [-0.1, -0.05) is 65.2 Å². The quantitative estimate of drug-likeness (QED) is 0.351. The minimum atomic E-state index is -0.188. The van der Waals surface area contributed by atoms with Gasteiger partial charge in [0.2, 0.25) is 0 Å². The topological polar surface area (TPSA) is 35.5 Å². The molecule has 2 saturated heterocycles. The first kappa shape index (κ1) is 19.9. The zero-order chi connectivity index (χ0) is 17.2. The molecule has 2 heterocycles. The Labute approximate surface area is 148 Å². The zero-order valence-electron chi connectivity index (χ0n) is 15.9. The monoisotopic (exact) mass is 338 g/mol. The standard InChI is InChI=1S/C21H38O3/c1-3-4-5-6-7-8-9-10-11-17(2)19-14-15-21(24-19)20-13-12-18(16-22)23-20/h16-21H,3-15H2,1-2H3/t17-,18-,19-,20-,21-/m1/s1. The number of ether oxygens (including phenoxy) is 2. The Bertz CT molecular complexity index is 344. The van der Waals surface area contributed by atoms with E-state index in [1.165, 1.54) is 57.8 Å². The van der Waals surface area contributed by atoms with Crippen molar-refractivity contribution in [3.8, 4) is 0 Å². The maximum atomic E-state index is 10.8. The van der Waals surface area contributed by atoms with Gasteiger partial charge in [0.25, 0.3) is 0 Å². The normalized spacial score (nSPS) is 31.4. The molecule has 2 rings (SSSR count). The molecule has 0 aromatic carbocycles. The van der Waals surface area contributed by atoms with Crippen LogP contribution < -0.4 is 0 Å². The fraction of sp³-hybridized carbons (Fsp3) is 0.952. The van der Waals surface area contributed by atoms with Crippen LogP contribution in [0.1, 0.15) is 97.3 Å². The molecule has 0 N–H and O–H groups in total. The maximum Gasteiger partial charge on any atom is 0.148 e. The second-order valence-electron chi connectivity index (χ2n) is 7.96. The van der Waals surface area contributed by atoms with Crippen LogP contribution in [-0.2, 0) is 14.3 Å². The summed E-state index contributed by atoms with van der Waals surface area (Å²) in [5.74, 6) is 0.651. The lowest BCUT2D eigenvalue weighted by molar-refractivity contribution is -0.122. The number of carbonyl (C=O) groups excluding carboxylic acids is 1. The third-order valence-corrected chi connectivity index (χ3v) is 5.88. The molecular formula is C21H38O3. The Hall–Kier alpha value is -0.410. The molecule has 3 nitrogen and oxygen atoms in total. The van der Waals surface area contributed by atoms with Gasteiger partial charge >= 0.3 is 0 Å². The molecule has 140 valence electrons. The van der Waals surface area contributed by atoms with E-state index in [1.54, 1.807) is 0 Å². The number of rotatable bonds is 12. The van der Waals surface area contributed by atoms with Crippen LogP contribution in [0.25, 0.3) is 0 Å². The van der Waals surface area contributed by atoms with Gasteiger partial charge in [-0.15, -0.1) is 0 Å². The van der Waals surface area contributed by atoms with Crippen LogP contribution in [0.2, 0.25) is 0 Å². The average molecular weight is 339 g/mol. The highest BCUT2D eigenvalue weighted by atomic mass is 16.6. The lowest BCUT2D eigenvalue weighted by Gasteiger charge is -2.23. The van der Waals surface area contributed by atoms with Crippen LogP contribution in [0.15, 0.2) is 0 Å². The number of aldehydes is 1. The highest BCUT2D eigenvalue weighted by Crippen LogP contribution is 2.34. The van der Waals surface area contributed by atoms with Gasteiger partial charge in [-0.2, -0.15) is 0 Å². The highest BCUT2D eigenvalue weighted by molar-refractivity contribution is 5.56. The van der Waals surface area contributed by atoms with Gasteiger partial charge < -0.3 is 14.3 Å². The minimum Gasteiger partial charge on any atom is -0.372 e. The molecule has 2 aliphatic rings. The maximum absolute atomic E-state index is 10.8. The average Bonchev–Trinajstić information content (AvgIpc) is 3.25. The summed E-state index contributed by atoms with van der Waals surface area (Å²) < 4.78 is 12.1. The van der Waals surface area contributed by atoms with Gasteiger partial charge in [-0.05, 0) is 38.0 Å². The van der Waals surface area contributed by atoms with Crippen LogP contribution in [-0.4, -0.2) is 30.7 Å². The molecule has 0 aliphatic carbocycles. The van der Waals surface area contributed by atoms with Gasteiger partial charge in [0, 0.05) is 0 Å². The molecule has 0 unspecified atom stereocenters. The summed E-state index contributed by atoms with van der Waals surface area (Å²) in [5.41, 5.74) is 0. The Morgan fingerprint density at radius 1 is 0.875 bits per heavy atom. The summed E-state index contributed by atoms with van der Waals surface area (Å²) in [6.45, 7) is 4.62. The lowest BCUT2D eigenvalue weighted by atomic mass is 9.94. The molecule has 0 amide bonds. The molecule has 0 aromatic rings. The molecule has 0 radical (unpaired) electrons. The van der Waals surface area contributed by atoms with Crippen molar-refractivity contribution in [2.45, 2.75) is 122 Å². The van der Waals surface area contributed by atoms with Gasteiger partial charge in [-0.3, -0.25) is 0 Å². The molecule has 0 saturated carbocycles. The predicted octanol–water partition coefficient (Wildman–Crippen LogP) is 5.45. The molecular weight excluding hydrogens is 300 g/mol. The third-order valence-electron chi connectivity index (χ3n) is 5.88. The Morgan fingerprint density at radius 3 is 2.17 bits per heavy atom. The molecule has 0 aromatic heterocycles. The largest absolute Gasteiger partial charge is 0.372 e. The second-order valence-corrected chi connectivity index (χ2v) is 7.96. The number of hydrogen-bond acceptors (Lipinski definition) is 3. The van der Waals surface area contributed by atoms with Crippen LogP contribution in [0.4, 0.5) is 0 Å². The van der Waals surface area contributed by atoms with Crippen LogP contribution in [0.3, 0.4) is 0 Å². The molecule has 2 aliphatic heterocycles. The number of hydrogen-bond donors (Lipinski definition) is 0. The van der Waals surface area contributed by atoms with Crippen molar-refractivity contribution in [1.29, 1.82) is 0 Å². The van der Waals surface area contributed by atoms with Gasteiger partial charge in [-0.25, -0.2) is 0 Å². The molecule has 0 bridgehead atoms. The molecule has 2 fully saturated rings. The van der Waals surface area contributed by atoms with E-state index in [9.17, 15) is 4.79 Å². The summed E-state index contributed by atoms with van der Waals surface area (Å²) in [6, 6.07) is 0. The molecule has 5 atom stereocenters. The van der Waals surface area contributed by atoms with E-state index in [1.807, 2.05) is 0 Å². The smallest absolute Gasteiger partial charge is 0.148 e.